The summed E-state index contributed by atoms with van der Waals surface area (Å²) < 4.78 is 0.990. The highest BCUT2D eigenvalue weighted by molar-refractivity contribution is 9.10. The second-order valence-corrected chi connectivity index (χ2v) is 4.39. The van der Waals surface area contributed by atoms with Gasteiger partial charge in [0.2, 0.25) is 0 Å². The first-order valence-corrected chi connectivity index (χ1v) is 5.76. The number of hydrogen-bond acceptors (Lipinski definition) is 3. The fourth-order valence-electron chi connectivity index (χ4n) is 1.20. The molecule has 0 radical (unpaired) electrons. The first kappa shape index (κ1) is 13.0. The number of anilines is 1. The fourth-order valence-corrected chi connectivity index (χ4v) is 1.46. The lowest BCUT2D eigenvalue weighted by Crippen LogP contribution is -2.20. The minimum atomic E-state index is -0.886. The molecule has 0 aliphatic carbocycles. The average molecular weight is 288 g/mol. The minimum absolute atomic E-state index is 0.0107. The maximum absolute atomic E-state index is 10.3. The van der Waals surface area contributed by atoms with Gasteiger partial charge in [-0.25, -0.2) is 0 Å². The lowest BCUT2D eigenvalue weighted by molar-refractivity contribution is -0.137. The summed E-state index contributed by atoms with van der Waals surface area (Å²) in [7, 11) is 0. The molecule has 0 fully saturated rings. The third-order valence-corrected chi connectivity index (χ3v) is 2.61. The van der Waals surface area contributed by atoms with E-state index in [1.165, 1.54) is 0 Å². The molecule has 1 aromatic rings. The summed E-state index contributed by atoms with van der Waals surface area (Å²) in [5, 5.41) is 21.0. The Morgan fingerprint density at radius 2 is 2.00 bits per heavy atom. The van der Waals surface area contributed by atoms with Gasteiger partial charge in [-0.15, -0.1) is 0 Å². The van der Waals surface area contributed by atoms with E-state index < -0.39 is 12.1 Å². The van der Waals surface area contributed by atoms with Gasteiger partial charge in [-0.2, -0.15) is 0 Å². The van der Waals surface area contributed by atoms with Crippen molar-refractivity contribution < 1.29 is 15.0 Å². The van der Waals surface area contributed by atoms with Gasteiger partial charge in [0, 0.05) is 23.1 Å². The summed E-state index contributed by atoms with van der Waals surface area (Å²) in [5.41, 5.74) is 0.901. The van der Waals surface area contributed by atoms with Crippen LogP contribution in [-0.2, 0) is 4.79 Å². The highest BCUT2D eigenvalue weighted by Gasteiger charge is 2.06. The lowest BCUT2D eigenvalue weighted by Gasteiger charge is -2.11. The number of carboxylic acid groups (broad SMARTS) is 1. The molecular weight excluding hydrogens is 274 g/mol. The lowest BCUT2D eigenvalue weighted by atomic mass is 10.2. The second-order valence-electron chi connectivity index (χ2n) is 3.47. The van der Waals surface area contributed by atoms with Crippen LogP contribution in [0.2, 0.25) is 0 Å². The number of aliphatic hydroxyl groups excluding tert-OH is 1. The van der Waals surface area contributed by atoms with Gasteiger partial charge in [0.1, 0.15) is 0 Å². The largest absolute Gasteiger partial charge is 0.481 e. The summed E-state index contributed by atoms with van der Waals surface area (Å²) in [4.78, 5) is 10.3. The maximum Gasteiger partial charge on any atom is 0.303 e. The molecule has 3 N–H and O–H groups in total. The number of carbonyl (C=O) groups is 1. The average Bonchev–Trinajstić information content (AvgIpc) is 2.25. The quantitative estimate of drug-likeness (QED) is 0.749. The molecule has 0 spiro atoms. The van der Waals surface area contributed by atoms with Crippen molar-refractivity contribution in [2.75, 3.05) is 11.9 Å². The summed E-state index contributed by atoms with van der Waals surface area (Å²) in [6.45, 7) is 0.356. The molecule has 1 unspecified atom stereocenters. The van der Waals surface area contributed by atoms with Crippen molar-refractivity contribution in [1.29, 1.82) is 0 Å². The number of aliphatic carboxylic acids is 1. The van der Waals surface area contributed by atoms with E-state index in [1.807, 2.05) is 24.3 Å². The van der Waals surface area contributed by atoms with Crippen LogP contribution in [0.1, 0.15) is 12.8 Å². The SMILES string of the molecule is O=C(O)CCC(O)CNc1ccc(Br)cc1. The number of hydrogen-bond donors (Lipinski definition) is 3. The number of carboxylic acids is 1. The molecule has 0 saturated carbocycles. The van der Waals surface area contributed by atoms with Crippen molar-refractivity contribution >= 4 is 27.6 Å². The third kappa shape index (κ3) is 5.14. The predicted molar refractivity (Wildman–Crippen MR) is 65.5 cm³/mol. The smallest absolute Gasteiger partial charge is 0.303 e. The first-order valence-electron chi connectivity index (χ1n) is 4.97. The van der Waals surface area contributed by atoms with E-state index in [4.69, 9.17) is 5.11 Å². The number of rotatable bonds is 6. The molecule has 0 aliphatic heterocycles. The van der Waals surface area contributed by atoms with Gasteiger partial charge < -0.3 is 15.5 Å². The number of nitrogens with one attached hydrogen (secondary N) is 1. The van der Waals surface area contributed by atoms with E-state index >= 15 is 0 Å². The molecule has 1 aromatic carbocycles. The molecule has 0 bridgehead atoms. The van der Waals surface area contributed by atoms with Crippen LogP contribution < -0.4 is 5.32 Å². The molecule has 1 atom stereocenters. The van der Waals surface area contributed by atoms with Crippen LogP contribution in [-0.4, -0.2) is 28.8 Å². The molecule has 88 valence electrons. The van der Waals surface area contributed by atoms with Crippen LogP contribution in [0, 0.1) is 0 Å². The number of aliphatic hydroxyl groups is 1. The van der Waals surface area contributed by atoms with Crippen molar-refractivity contribution in [3.8, 4) is 0 Å². The zero-order chi connectivity index (χ0) is 12.0. The van der Waals surface area contributed by atoms with Gasteiger partial charge in [-0.1, -0.05) is 15.9 Å². The van der Waals surface area contributed by atoms with E-state index in [0.717, 1.165) is 10.2 Å². The number of halogens is 1. The van der Waals surface area contributed by atoms with Crippen molar-refractivity contribution in [1.82, 2.24) is 0 Å². The van der Waals surface area contributed by atoms with Crippen molar-refractivity contribution in [2.45, 2.75) is 18.9 Å². The molecule has 1 rings (SSSR count). The topological polar surface area (TPSA) is 69.6 Å². The van der Waals surface area contributed by atoms with Crippen LogP contribution in [0.5, 0.6) is 0 Å². The highest BCUT2D eigenvalue weighted by Crippen LogP contribution is 2.14. The monoisotopic (exact) mass is 287 g/mol. The van der Waals surface area contributed by atoms with Crippen molar-refractivity contribution in [3.63, 3.8) is 0 Å². The van der Waals surface area contributed by atoms with E-state index in [-0.39, 0.29) is 12.8 Å². The Kier molecular flexibility index (Phi) is 5.28. The normalized spacial score (nSPS) is 12.1. The Balaban J connectivity index is 2.28. The molecule has 0 heterocycles. The molecule has 4 nitrogen and oxygen atoms in total. The third-order valence-electron chi connectivity index (χ3n) is 2.08. The Morgan fingerprint density at radius 1 is 1.38 bits per heavy atom. The van der Waals surface area contributed by atoms with Crippen LogP contribution in [0.4, 0.5) is 5.69 Å². The molecule has 16 heavy (non-hydrogen) atoms. The highest BCUT2D eigenvalue weighted by atomic mass is 79.9. The Hall–Kier alpha value is -1.07. The van der Waals surface area contributed by atoms with Crippen LogP contribution in [0.25, 0.3) is 0 Å². The van der Waals surface area contributed by atoms with Gasteiger partial charge in [0.05, 0.1) is 6.10 Å². The summed E-state index contributed by atoms with van der Waals surface area (Å²) in [6, 6.07) is 7.56. The predicted octanol–water partition coefficient (Wildman–Crippen LogP) is 2.09. The molecule has 5 heteroatoms. The zero-order valence-corrected chi connectivity index (χ0v) is 10.3. The molecule has 0 amide bonds. The summed E-state index contributed by atoms with van der Waals surface area (Å²) in [5.74, 6) is -0.886. The van der Waals surface area contributed by atoms with Gasteiger partial charge in [0.25, 0.3) is 0 Å². The van der Waals surface area contributed by atoms with Crippen molar-refractivity contribution in [2.24, 2.45) is 0 Å². The van der Waals surface area contributed by atoms with Crippen LogP contribution in [0.15, 0.2) is 28.7 Å². The fraction of sp³-hybridized carbons (Fsp3) is 0.364. The standard InChI is InChI=1S/C11H14BrNO3/c12-8-1-3-9(4-2-8)13-7-10(14)5-6-11(15)16/h1-4,10,13-14H,5-7H2,(H,15,16). The number of benzene rings is 1. The molecule has 0 aromatic heterocycles. The summed E-state index contributed by atoms with van der Waals surface area (Å²) in [6.07, 6.45) is -0.387. The van der Waals surface area contributed by atoms with Gasteiger partial charge >= 0.3 is 5.97 Å². The minimum Gasteiger partial charge on any atom is -0.481 e. The van der Waals surface area contributed by atoms with E-state index in [1.54, 1.807) is 0 Å². The molecule has 0 saturated heterocycles. The first-order chi connectivity index (χ1) is 7.58. The Labute approximate surface area is 102 Å². The summed E-state index contributed by atoms with van der Waals surface area (Å²) >= 11 is 3.32. The van der Waals surface area contributed by atoms with Crippen molar-refractivity contribution in [3.05, 3.63) is 28.7 Å². The van der Waals surface area contributed by atoms with E-state index in [0.29, 0.717) is 6.54 Å². The van der Waals surface area contributed by atoms with E-state index in [9.17, 15) is 9.90 Å². The van der Waals surface area contributed by atoms with Gasteiger partial charge in [-0.05, 0) is 30.7 Å². The molecular formula is C11H14BrNO3. The van der Waals surface area contributed by atoms with Crippen LogP contribution in [0.3, 0.4) is 0 Å². The molecule has 0 aliphatic rings. The van der Waals surface area contributed by atoms with E-state index in [2.05, 4.69) is 21.2 Å². The van der Waals surface area contributed by atoms with Crippen LogP contribution >= 0.6 is 15.9 Å². The van der Waals surface area contributed by atoms with Gasteiger partial charge in [-0.3, -0.25) is 4.79 Å². The van der Waals surface area contributed by atoms with Gasteiger partial charge in [0.15, 0.2) is 0 Å². The zero-order valence-electron chi connectivity index (χ0n) is 8.69. The maximum atomic E-state index is 10.3. The Bertz CT molecular complexity index is 340. The Morgan fingerprint density at radius 3 is 2.56 bits per heavy atom. The second kappa shape index (κ2) is 6.50.